The average molecular weight is 238 g/mol. The minimum atomic E-state index is -1.03. The zero-order valence-corrected chi connectivity index (χ0v) is 9.30. The van der Waals surface area contributed by atoms with Gasteiger partial charge in [-0.15, -0.1) is 0 Å². The molecule has 0 fully saturated rings. The van der Waals surface area contributed by atoms with E-state index >= 15 is 0 Å². The van der Waals surface area contributed by atoms with Gasteiger partial charge < -0.3 is 4.74 Å². The van der Waals surface area contributed by atoms with Crippen LogP contribution in [0.3, 0.4) is 0 Å². The molecule has 0 radical (unpaired) electrons. The Morgan fingerprint density at radius 1 is 1.41 bits per heavy atom. The van der Waals surface area contributed by atoms with Crippen molar-refractivity contribution in [3.05, 3.63) is 32.6 Å². The van der Waals surface area contributed by atoms with Crippen LogP contribution < -0.4 is 11.2 Å². The first kappa shape index (κ1) is 11.3. The van der Waals surface area contributed by atoms with Crippen molar-refractivity contribution < 1.29 is 14.3 Å². The van der Waals surface area contributed by atoms with Crippen molar-refractivity contribution in [2.75, 3.05) is 7.11 Å². The molecule has 0 N–H and O–H groups in total. The Morgan fingerprint density at radius 3 is 2.65 bits per heavy atom. The summed E-state index contributed by atoms with van der Waals surface area (Å²) in [7, 11) is 2.48. The van der Waals surface area contributed by atoms with Crippen LogP contribution >= 0.6 is 0 Å². The third kappa shape index (κ3) is 1.50. The predicted molar refractivity (Wildman–Crippen MR) is 55.8 cm³/mol. The highest BCUT2D eigenvalue weighted by molar-refractivity contribution is 6.09. The van der Waals surface area contributed by atoms with Crippen LogP contribution in [0.1, 0.15) is 10.5 Å². The van der Waals surface area contributed by atoms with Gasteiger partial charge in [-0.05, 0) is 0 Å². The fourth-order valence-corrected chi connectivity index (χ4v) is 1.82. The first-order valence-electron chi connectivity index (χ1n) is 4.90. The molecule has 90 valence electrons. The molecule has 0 bridgehead atoms. The molecular weight excluding hydrogens is 228 g/mol. The minimum absolute atomic E-state index is 0.0338. The predicted octanol–water partition coefficient (Wildman–Crippen LogP) is -1.47. The number of carbonyl (C=O) groups excluding carboxylic acids is 2. The van der Waals surface area contributed by atoms with Crippen molar-refractivity contribution in [3.8, 4) is 0 Å². The van der Waals surface area contributed by atoms with Crippen molar-refractivity contribution in [3.63, 3.8) is 0 Å². The maximum Gasteiger partial charge on any atom is 0.331 e. The standard InChI is InChI=1S/C10H10N2O5/c1-11-7(13)3-6-8(14)5(9(15)17-2)4-12(6)10(11)16/h3,5H,4H2,1-2H3. The van der Waals surface area contributed by atoms with Gasteiger partial charge in [0.15, 0.2) is 5.78 Å². The van der Waals surface area contributed by atoms with Crippen LogP contribution in [-0.4, -0.2) is 28.0 Å². The summed E-state index contributed by atoms with van der Waals surface area (Å²) in [6, 6.07) is 1.06. The Hall–Kier alpha value is -2.18. The van der Waals surface area contributed by atoms with Crippen LogP contribution in [-0.2, 0) is 23.1 Å². The Balaban J connectivity index is 2.60. The molecule has 1 aliphatic heterocycles. The van der Waals surface area contributed by atoms with Crippen molar-refractivity contribution in [1.29, 1.82) is 0 Å². The summed E-state index contributed by atoms with van der Waals surface area (Å²) in [6.07, 6.45) is 0. The summed E-state index contributed by atoms with van der Waals surface area (Å²) in [5, 5.41) is 0. The summed E-state index contributed by atoms with van der Waals surface area (Å²) < 4.78 is 6.48. The smallest absolute Gasteiger partial charge is 0.331 e. The molecule has 17 heavy (non-hydrogen) atoms. The van der Waals surface area contributed by atoms with Crippen molar-refractivity contribution in [2.45, 2.75) is 6.54 Å². The molecule has 0 aromatic carbocycles. The molecule has 7 nitrogen and oxygen atoms in total. The fourth-order valence-electron chi connectivity index (χ4n) is 1.82. The van der Waals surface area contributed by atoms with Gasteiger partial charge >= 0.3 is 11.7 Å². The van der Waals surface area contributed by atoms with Gasteiger partial charge in [-0.25, -0.2) is 4.79 Å². The quantitative estimate of drug-likeness (QED) is 0.440. The molecule has 2 rings (SSSR count). The maximum atomic E-state index is 11.8. The van der Waals surface area contributed by atoms with Crippen LogP contribution in [0.15, 0.2) is 15.7 Å². The second-order valence-corrected chi connectivity index (χ2v) is 3.76. The van der Waals surface area contributed by atoms with E-state index in [4.69, 9.17) is 0 Å². The summed E-state index contributed by atoms with van der Waals surface area (Å²) >= 11 is 0. The van der Waals surface area contributed by atoms with Crippen LogP contribution in [0.25, 0.3) is 0 Å². The average Bonchev–Trinajstić information content (AvgIpc) is 2.64. The highest BCUT2D eigenvalue weighted by Crippen LogP contribution is 2.18. The van der Waals surface area contributed by atoms with Gasteiger partial charge in [-0.2, -0.15) is 0 Å². The Labute approximate surface area is 95.2 Å². The van der Waals surface area contributed by atoms with Gasteiger partial charge in [0.25, 0.3) is 5.56 Å². The Kier molecular flexibility index (Phi) is 2.45. The van der Waals surface area contributed by atoms with Crippen LogP contribution in [0.2, 0.25) is 0 Å². The van der Waals surface area contributed by atoms with E-state index in [0.29, 0.717) is 0 Å². The fraction of sp³-hybridized carbons (Fsp3) is 0.400. The number of methoxy groups -OCH3 is 1. The summed E-state index contributed by atoms with van der Waals surface area (Å²) in [4.78, 5) is 46.2. The van der Waals surface area contributed by atoms with E-state index < -0.39 is 28.9 Å². The molecule has 1 aliphatic rings. The topological polar surface area (TPSA) is 87.4 Å². The number of aromatic nitrogens is 2. The van der Waals surface area contributed by atoms with Crippen molar-refractivity contribution in [1.82, 2.24) is 9.13 Å². The lowest BCUT2D eigenvalue weighted by Gasteiger charge is -2.03. The maximum absolute atomic E-state index is 11.8. The normalized spacial score (nSPS) is 18.0. The lowest BCUT2D eigenvalue weighted by Crippen LogP contribution is -2.37. The molecule has 2 heterocycles. The van der Waals surface area contributed by atoms with Crippen molar-refractivity contribution in [2.24, 2.45) is 13.0 Å². The molecule has 0 aliphatic carbocycles. The number of rotatable bonds is 1. The van der Waals surface area contributed by atoms with E-state index in [1.807, 2.05) is 0 Å². The van der Waals surface area contributed by atoms with Crippen LogP contribution in [0.5, 0.6) is 0 Å². The van der Waals surface area contributed by atoms with Gasteiger partial charge in [0, 0.05) is 19.7 Å². The molecule has 7 heteroatoms. The lowest BCUT2D eigenvalue weighted by atomic mass is 10.1. The largest absolute Gasteiger partial charge is 0.468 e. The van der Waals surface area contributed by atoms with Gasteiger partial charge in [0.1, 0.15) is 5.92 Å². The van der Waals surface area contributed by atoms with Crippen molar-refractivity contribution >= 4 is 11.8 Å². The van der Waals surface area contributed by atoms with Gasteiger partial charge in [0.2, 0.25) is 0 Å². The van der Waals surface area contributed by atoms with E-state index in [-0.39, 0.29) is 12.2 Å². The molecule has 0 spiro atoms. The number of hydrogen-bond acceptors (Lipinski definition) is 5. The second-order valence-electron chi connectivity index (χ2n) is 3.76. The first-order chi connectivity index (χ1) is 7.97. The lowest BCUT2D eigenvalue weighted by molar-refractivity contribution is -0.143. The number of ketones is 1. The number of carbonyl (C=O) groups is 2. The van der Waals surface area contributed by atoms with E-state index in [2.05, 4.69) is 4.74 Å². The zero-order chi connectivity index (χ0) is 12.7. The Morgan fingerprint density at radius 2 is 2.06 bits per heavy atom. The molecular formula is C10H10N2O5. The number of fused-ring (bicyclic) bond motifs is 1. The minimum Gasteiger partial charge on any atom is -0.468 e. The third-order valence-corrected chi connectivity index (χ3v) is 2.82. The molecule has 1 atom stereocenters. The first-order valence-corrected chi connectivity index (χ1v) is 4.90. The van der Waals surface area contributed by atoms with Gasteiger partial charge in [0.05, 0.1) is 12.8 Å². The molecule has 1 unspecified atom stereocenters. The summed E-state index contributed by atoms with van der Waals surface area (Å²) in [6.45, 7) is -0.0756. The summed E-state index contributed by atoms with van der Waals surface area (Å²) in [5.74, 6) is -2.28. The molecule has 1 aromatic rings. The highest BCUT2D eigenvalue weighted by Gasteiger charge is 2.38. The Bertz CT molecular complexity index is 625. The SMILES string of the molecule is COC(=O)C1Cn2c(cc(=O)n(C)c2=O)C1=O. The number of esters is 1. The molecule has 0 amide bonds. The highest BCUT2D eigenvalue weighted by atomic mass is 16.5. The van der Waals surface area contributed by atoms with E-state index in [1.54, 1.807) is 0 Å². The molecule has 1 aromatic heterocycles. The van der Waals surface area contributed by atoms with Gasteiger partial charge in [-0.1, -0.05) is 0 Å². The van der Waals surface area contributed by atoms with E-state index in [0.717, 1.165) is 15.2 Å². The number of ether oxygens (including phenoxy) is 1. The van der Waals surface area contributed by atoms with Crippen LogP contribution in [0, 0.1) is 5.92 Å². The van der Waals surface area contributed by atoms with E-state index in [1.165, 1.54) is 14.2 Å². The van der Waals surface area contributed by atoms with Crippen LogP contribution in [0.4, 0.5) is 0 Å². The number of nitrogens with zero attached hydrogens (tertiary/aromatic N) is 2. The molecule has 0 saturated heterocycles. The molecule has 0 saturated carbocycles. The second kappa shape index (κ2) is 3.69. The number of hydrogen-bond donors (Lipinski definition) is 0. The van der Waals surface area contributed by atoms with Gasteiger partial charge in [-0.3, -0.25) is 23.5 Å². The summed E-state index contributed by atoms with van der Waals surface area (Å²) in [5.41, 5.74) is -1.21. The monoisotopic (exact) mass is 238 g/mol. The number of Topliss-reactive ketones (excluding diaryl/α,β-unsaturated/α-hetero) is 1. The third-order valence-electron chi connectivity index (χ3n) is 2.82. The zero-order valence-electron chi connectivity index (χ0n) is 9.30. The van der Waals surface area contributed by atoms with E-state index in [9.17, 15) is 19.2 Å².